The Balaban J connectivity index is 2.15. The van der Waals surface area contributed by atoms with E-state index in [9.17, 15) is 8.42 Å². The standard InChI is InChI=1S/C13H15N3O3S/c1-19-12-5-3-2-4-10(12)8-16-20(17,18)11-6-7-13(14)15-9-11/h2-7,9,16H,8H2,1H3,(H2,14,15). The average molecular weight is 293 g/mol. The van der Waals surface area contributed by atoms with Crippen molar-refractivity contribution in [2.75, 3.05) is 12.8 Å². The van der Waals surface area contributed by atoms with Crippen LogP contribution in [0.3, 0.4) is 0 Å². The predicted molar refractivity (Wildman–Crippen MR) is 75.7 cm³/mol. The molecule has 0 fully saturated rings. The number of nitrogens with two attached hydrogens (primary N) is 1. The van der Waals surface area contributed by atoms with Crippen molar-refractivity contribution in [3.05, 3.63) is 48.2 Å². The lowest BCUT2D eigenvalue weighted by molar-refractivity contribution is 0.409. The van der Waals surface area contributed by atoms with Crippen LogP contribution in [-0.4, -0.2) is 20.5 Å². The molecule has 0 aliphatic heterocycles. The molecule has 20 heavy (non-hydrogen) atoms. The molecule has 6 nitrogen and oxygen atoms in total. The third kappa shape index (κ3) is 3.25. The van der Waals surface area contributed by atoms with Crippen LogP contribution in [0.4, 0.5) is 5.82 Å². The number of methoxy groups -OCH3 is 1. The van der Waals surface area contributed by atoms with E-state index < -0.39 is 10.0 Å². The molecule has 0 saturated heterocycles. The van der Waals surface area contributed by atoms with Crippen LogP contribution in [0.1, 0.15) is 5.56 Å². The van der Waals surface area contributed by atoms with E-state index in [-0.39, 0.29) is 17.3 Å². The van der Waals surface area contributed by atoms with Gasteiger partial charge in [-0.3, -0.25) is 0 Å². The second kappa shape index (κ2) is 5.89. The number of anilines is 1. The molecule has 0 aliphatic rings. The van der Waals surface area contributed by atoms with Gasteiger partial charge in [-0.2, -0.15) is 0 Å². The molecule has 0 bridgehead atoms. The first-order chi connectivity index (χ1) is 9.53. The highest BCUT2D eigenvalue weighted by Crippen LogP contribution is 2.18. The summed E-state index contributed by atoms with van der Waals surface area (Å²) in [7, 11) is -2.08. The van der Waals surface area contributed by atoms with Crippen LogP contribution in [-0.2, 0) is 16.6 Å². The summed E-state index contributed by atoms with van der Waals surface area (Å²) in [5.74, 6) is 0.902. The Bertz CT molecular complexity index is 684. The minimum atomic E-state index is -3.62. The summed E-state index contributed by atoms with van der Waals surface area (Å²) in [6, 6.07) is 10.1. The van der Waals surface area contributed by atoms with Gasteiger partial charge in [0.25, 0.3) is 0 Å². The van der Waals surface area contributed by atoms with E-state index in [1.54, 1.807) is 12.1 Å². The molecule has 106 valence electrons. The third-order valence-corrected chi connectivity index (χ3v) is 4.10. The highest BCUT2D eigenvalue weighted by Gasteiger charge is 2.14. The molecule has 0 spiro atoms. The van der Waals surface area contributed by atoms with Crippen molar-refractivity contribution in [1.82, 2.24) is 9.71 Å². The molecule has 0 unspecified atom stereocenters. The van der Waals surface area contributed by atoms with Gasteiger partial charge in [0.15, 0.2) is 0 Å². The summed E-state index contributed by atoms with van der Waals surface area (Å²) in [5.41, 5.74) is 6.18. The van der Waals surface area contributed by atoms with Crippen LogP contribution in [0.25, 0.3) is 0 Å². The molecule has 0 saturated carbocycles. The van der Waals surface area contributed by atoms with Crippen LogP contribution >= 0.6 is 0 Å². The van der Waals surface area contributed by atoms with E-state index in [1.807, 2.05) is 12.1 Å². The molecule has 2 rings (SSSR count). The van der Waals surface area contributed by atoms with Crippen LogP contribution in [0.2, 0.25) is 0 Å². The molecule has 0 atom stereocenters. The Hall–Kier alpha value is -2.12. The maximum Gasteiger partial charge on any atom is 0.242 e. The quantitative estimate of drug-likeness (QED) is 0.862. The molecule has 0 aliphatic carbocycles. The first-order valence-corrected chi connectivity index (χ1v) is 7.34. The van der Waals surface area contributed by atoms with Crippen molar-refractivity contribution < 1.29 is 13.2 Å². The van der Waals surface area contributed by atoms with Gasteiger partial charge in [0.05, 0.1) is 7.11 Å². The fraction of sp³-hybridized carbons (Fsp3) is 0.154. The first-order valence-electron chi connectivity index (χ1n) is 5.86. The lowest BCUT2D eigenvalue weighted by Crippen LogP contribution is -2.23. The van der Waals surface area contributed by atoms with E-state index in [0.29, 0.717) is 5.75 Å². The minimum absolute atomic E-state index is 0.0709. The van der Waals surface area contributed by atoms with Crippen molar-refractivity contribution in [3.63, 3.8) is 0 Å². The number of para-hydroxylation sites is 1. The molecule has 7 heteroatoms. The number of rotatable bonds is 5. The van der Waals surface area contributed by atoms with E-state index in [4.69, 9.17) is 10.5 Å². The predicted octanol–water partition coefficient (Wildman–Crippen LogP) is 1.15. The largest absolute Gasteiger partial charge is 0.496 e. The first kappa shape index (κ1) is 14.3. The summed E-state index contributed by atoms with van der Waals surface area (Å²) >= 11 is 0. The van der Waals surface area contributed by atoms with Crippen molar-refractivity contribution >= 4 is 15.8 Å². The van der Waals surface area contributed by atoms with Gasteiger partial charge in [-0.05, 0) is 18.2 Å². The highest BCUT2D eigenvalue weighted by atomic mass is 32.2. The second-order valence-corrected chi connectivity index (χ2v) is 5.82. The van der Waals surface area contributed by atoms with Crippen LogP contribution in [0.15, 0.2) is 47.5 Å². The van der Waals surface area contributed by atoms with Gasteiger partial charge >= 0.3 is 0 Å². The zero-order valence-electron chi connectivity index (χ0n) is 10.9. The second-order valence-electron chi connectivity index (χ2n) is 4.06. The van der Waals surface area contributed by atoms with E-state index >= 15 is 0 Å². The Kier molecular flexibility index (Phi) is 4.21. The monoisotopic (exact) mass is 293 g/mol. The molecule has 0 amide bonds. The number of benzene rings is 1. The SMILES string of the molecule is COc1ccccc1CNS(=O)(=O)c1ccc(N)nc1. The van der Waals surface area contributed by atoms with Gasteiger partial charge in [-0.15, -0.1) is 0 Å². The molecular formula is C13H15N3O3S. The van der Waals surface area contributed by atoms with Gasteiger partial charge in [0, 0.05) is 18.3 Å². The van der Waals surface area contributed by atoms with Crippen LogP contribution in [0.5, 0.6) is 5.75 Å². The Morgan fingerprint density at radius 1 is 1.25 bits per heavy atom. The topological polar surface area (TPSA) is 94.3 Å². The average Bonchev–Trinajstić information content (AvgIpc) is 2.46. The van der Waals surface area contributed by atoms with Crippen molar-refractivity contribution in [2.24, 2.45) is 0 Å². The van der Waals surface area contributed by atoms with Crippen molar-refractivity contribution in [3.8, 4) is 5.75 Å². The van der Waals surface area contributed by atoms with Crippen molar-refractivity contribution in [1.29, 1.82) is 0 Å². The highest BCUT2D eigenvalue weighted by molar-refractivity contribution is 7.89. The number of nitrogens with one attached hydrogen (secondary N) is 1. The minimum Gasteiger partial charge on any atom is -0.496 e. The van der Waals surface area contributed by atoms with E-state index in [2.05, 4.69) is 9.71 Å². The van der Waals surface area contributed by atoms with Crippen LogP contribution in [0, 0.1) is 0 Å². The molecule has 2 aromatic rings. The van der Waals surface area contributed by atoms with E-state index in [0.717, 1.165) is 5.56 Å². The maximum absolute atomic E-state index is 12.1. The molecule has 3 N–H and O–H groups in total. The summed E-state index contributed by atoms with van der Waals surface area (Å²) in [5, 5.41) is 0. The Morgan fingerprint density at radius 3 is 2.65 bits per heavy atom. The van der Waals surface area contributed by atoms with Crippen LogP contribution < -0.4 is 15.2 Å². The Morgan fingerprint density at radius 2 is 2.00 bits per heavy atom. The van der Waals surface area contributed by atoms with Crippen molar-refractivity contribution in [2.45, 2.75) is 11.4 Å². The van der Waals surface area contributed by atoms with Gasteiger partial charge in [-0.25, -0.2) is 18.1 Å². The molecule has 0 radical (unpaired) electrons. The number of aromatic nitrogens is 1. The normalized spacial score (nSPS) is 11.2. The molecule has 1 aromatic heterocycles. The lowest BCUT2D eigenvalue weighted by atomic mass is 10.2. The zero-order valence-corrected chi connectivity index (χ0v) is 11.7. The summed E-state index contributed by atoms with van der Waals surface area (Å²) in [6.07, 6.45) is 1.22. The summed E-state index contributed by atoms with van der Waals surface area (Å²) in [6.45, 7) is 0.136. The number of sulfonamides is 1. The smallest absolute Gasteiger partial charge is 0.242 e. The summed E-state index contributed by atoms with van der Waals surface area (Å²) < 4.78 is 31.8. The van der Waals surface area contributed by atoms with Gasteiger partial charge in [0.1, 0.15) is 16.5 Å². The number of ether oxygens (including phenoxy) is 1. The number of pyridine rings is 1. The molecule has 1 aromatic carbocycles. The number of hydrogen-bond acceptors (Lipinski definition) is 5. The third-order valence-electron chi connectivity index (χ3n) is 2.71. The lowest BCUT2D eigenvalue weighted by Gasteiger charge is -2.10. The Labute approximate surface area is 117 Å². The number of nitrogen functional groups attached to an aromatic ring is 1. The van der Waals surface area contributed by atoms with E-state index in [1.165, 1.54) is 25.4 Å². The van der Waals surface area contributed by atoms with Gasteiger partial charge in [0.2, 0.25) is 10.0 Å². The molecular weight excluding hydrogens is 278 g/mol. The number of nitrogens with zero attached hydrogens (tertiary/aromatic N) is 1. The number of hydrogen-bond donors (Lipinski definition) is 2. The fourth-order valence-corrected chi connectivity index (χ4v) is 2.61. The van der Waals surface area contributed by atoms with Gasteiger partial charge in [-0.1, -0.05) is 18.2 Å². The summed E-state index contributed by atoms with van der Waals surface area (Å²) in [4.78, 5) is 3.84. The zero-order chi connectivity index (χ0) is 14.6. The fourth-order valence-electron chi connectivity index (χ4n) is 1.66. The molecule has 1 heterocycles. The maximum atomic E-state index is 12.1. The van der Waals surface area contributed by atoms with Gasteiger partial charge < -0.3 is 10.5 Å².